The monoisotopic (exact) mass is 364 g/mol. The molecule has 0 saturated carbocycles. The van der Waals surface area contributed by atoms with Gasteiger partial charge in [-0.3, -0.25) is 9.88 Å². The summed E-state index contributed by atoms with van der Waals surface area (Å²) in [6.45, 7) is 1.78. The molecule has 2 aromatic heterocycles. The molecule has 1 fully saturated rings. The summed E-state index contributed by atoms with van der Waals surface area (Å²) in [5.41, 5.74) is 2.09. The Bertz CT molecular complexity index is 871. The van der Waals surface area contributed by atoms with Gasteiger partial charge in [0.15, 0.2) is 5.82 Å². The predicted molar refractivity (Wildman–Crippen MR) is 101 cm³/mol. The number of hydrogen-bond acceptors (Lipinski definition) is 6. The lowest BCUT2D eigenvalue weighted by Gasteiger charge is -2.35. The minimum Gasteiger partial charge on any atom is -0.307 e. The molecule has 27 heavy (non-hydrogen) atoms. The number of nitrogens with zero attached hydrogens (tertiary/aromatic N) is 5. The molecule has 3 aromatic rings. The number of anilines is 2. The molecule has 1 atom stereocenters. The second-order valence-corrected chi connectivity index (χ2v) is 6.63. The predicted octanol–water partition coefficient (Wildman–Crippen LogP) is 3.88. The van der Waals surface area contributed by atoms with Crippen LogP contribution in [0.5, 0.6) is 0 Å². The van der Waals surface area contributed by atoms with Gasteiger partial charge in [0, 0.05) is 25.1 Å². The van der Waals surface area contributed by atoms with E-state index < -0.39 is 0 Å². The number of nitrogens with one attached hydrogen (secondary N) is 1. The highest BCUT2D eigenvalue weighted by Gasteiger charge is 2.25. The van der Waals surface area contributed by atoms with Gasteiger partial charge in [-0.1, -0.05) is 18.6 Å². The summed E-state index contributed by atoms with van der Waals surface area (Å²) >= 11 is 0. The van der Waals surface area contributed by atoms with Gasteiger partial charge in [0.2, 0.25) is 5.95 Å². The fraction of sp³-hybridized carbons (Fsp3) is 0.300. The van der Waals surface area contributed by atoms with Crippen molar-refractivity contribution in [2.45, 2.75) is 31.8 Å². The van der Waals surface area contributed by atoms with Crippen molar-refractivity contribution in [3.05, 3.63) is 72.2 Å². The van der Waals surface area contributed by atoms with Crippen LogP contribution in [0.2, 0.25) is 0 Å². The summed E-state index contributed by atoms with van der Waals surface area (Å²) in [4.78, 5) is 19.7. The number of piperidine rings is 1. The van der Waals surface area contributed by atoms with Crippen LogP contribution in [0.1, 0.15) is 36.6 Å². The lowest BCUT2D eigenvalue weighted by molar-refractivity contribution is 0.137. The largest absolute Gasteiger partial charge is 0.307 e. The van der Waals surface area contributed by atoms with Crippen molar-refractivity contribution in [3.63, 3.8) is 0 Å². The Balaban J connectivity index is 1.52. The van der Waals surface area contributed by atoms with Gasteiger partial charge in [0.1, 0.15) is 5.82 Å². The maximum absolute atomic E-state index is 13.2. The first-order valence-electron chi connectivity index (χ1n) is 9.12. The Morgan fingerprint density at radius 3 is 2.74 bits per heavy atom. The van der Waals surface area contributed by atoms with Gasteiger partial charge in [0.25, 0.3) is 0 Å². The van der Waals surface area contributed by atoms with Gasteiger partial charge in [0.05, 0.1) is 17.9 Å². The Labute approximate surface area is 157 Å². The minimum atomic E-state index is -0.204. The Kier molecular flexibility index (Phi) is 5.29. The molecule has 0 aliphatic carbocycles. The van der Waals surface area contributed by atoms with Gasteiger partial charge < -0.3 is 5.32 Å². The van der Waals surface area contributed by atoms with Crippen molar-refractivity contribution in [2.24, 2.45) is 0 Å². The second kappa shape index (κ2) is 8.18. The van der Waals surface area contributed by atoms with E-state index in [1.165, 1.54) is 18.6 Å². The average molecular weight is 364 g/mol. The van der Waals surface area contributed by atoms with Gasteiger partial charge in [-0.2, -0.15) is 0 Å². The first kappa shape index (κ1) is 17.5. The smallest absolute Gasteiger partial charge is 0.228 e. The third-order valence-electron chi connectivity index (χ3n) is 4.73. The molecule has 1 saturated heterocycles. The molecule has 138 valence electrons. The molecule has 0 unspecified atom stereocenters. The van der Waals surface area contributed by atoms with Crippen molar-refractivity contribution in [1.82, 2.24) is 24.8 Å². The van der Waals surface area contributed by atoms with Crippen LogP contribution in [-0.4, -0.2) is 31.4 Å². The first-order chi connectivity index (χ1) is 13.3. The van der Waals surface area contributed by atoms with Crippen LogP contribution in [0.25, 0.3) is 0 Å². The first-order valence-corrected chi connectivity index (χ1v) is 9.12. The number of halogens is 1. The number of hydrogen-bond donors (Lipinski definition) is 1. The van der Waals surface area contributed by atoms with Crippen molar-refractivity contribution in [2.75, 3.05) is 11.9 Å². The molecule has 1 aliphatic heterocycles. The van der Waals surface area contributed by atoms with Crippen molar-refractivity contribution >= 4 is 11.8 Å². The van der Waals surface area contributed by atoms with Crippen LogP contribution < -0.4 is 5.32 Å². The van der Waals surface area contributed by atoms with E-state index in [0.29, 0.717) is 11.8 Å². The molecule has 4 rings (SSSR count). The van der Waals surface area contributed by atoms with Crippen LogP contribution in [0.15, 0.2) is 55.1 Å². The van der Waals surface area contributed by atoms with E-state index >= 15 is 0 Å². The van der Waals surface area contributed by atoms with Crippen LogP contribution in [0.4, 0.5) is 16.2 Å². The zero-order valence-corrected chi connectivity index (χ0v) is 14.9. The van der Waals surface area contributed by atoms with Crippen LogP contribution in [0.3, 0.4) is 0 Å². The van der Waals surface area contributed by atoms with E-state index in [0.717, 1.165) is 37.2 Å². The number of likely N-dealkylation sites (tertiary alicyclic amines) is 1. The molecular weight excluding hydrogens is 343 g/mol. The Morgan fingerprint density at radius 1 is 1.04 bits per heavy atom. The lowest BCUT2D eigenvalue weighted by Crippen LogP contribution is -2.33. The number of benzene rings is 1. The van der Waals surface area contributed by atoms with E-state index in [9.17, 15) is 4.39 Å². The highest BCUT2D eigenvalue weighted by Crippen LogP contribution is 2.31. The molecular formula is C20H21FN6. The molecule has 1 aromatic carbocycles. The molecule has 7 heteroatoms. The van der Waals surface area contributed by atoms with Crippen molar-refractivity contribution in [1.29, 1.82) is 0 Å². The maximum Gasteiger partial charge on any atom is 0.228 e. The summed E-state index contributed by atoms with van der Waals surface area (Å²) in [5.74, 6) is 0.922. The Hall–Kier alpha value is -2.93. The quantitative estimate of drug-likeness (QED) is 0.741. The van der Waals surface area contributed by atoms with Gasteiger partial charge in [-0.25, -0.2) is 19.3 Å². The topological polar surface area (TPSA) is 66.8 Å². The van der Waals surface area contributed by atoms with E-state index in [1.54, 1.807) is 24.8 Å². The standard InChI is InChI=1S/C20H21FN6/c21-16-6-4-15(5-7-16)14-27-12-2-1-3-18(27)17-8-9-24-20(25-17)26-19-13-22-10-11-23-19/h4-11,13,18H,1-3,12,14H2,(H,23,24,25,26)/t18-/m0/s1. The summed E-state index contributed by atoms with van der Waals surface area (Å²) in [6.07, 6.45) is 10.0. The summed E-state index contributed by atoms with van der Waals surface area (Å²) in [6, 6.07) is 8.91. The molecule has 0 radical (unpaired) electrons. The van der Waals surface area contributed by atoms with E-state index in [4.69, 9.17) is 4.98 Å². The van der Waals surface area contributed by atoms with Gasteiger partial charge in [-0.15, -0.1) is 0 Å². The zero-order valence-electron chi connectivity index (χ0n) is 14.9. The molecule has 0 bridgehead atoms. The third kappa shape index (κ3) is 4.43. The molecule has 0 amide bonds. The molecule has 6 nitrogen and oxygen atoms in total. The average Bonchev–Trinajstić information content (AvgIpc) is 2.71. The van der Waals surface area contributed by atoms with E-state index in [-0.39, 0.29) is 11.9 Å². The van der Waals surface area contributed by atoms with E-state index in [1.807, 2.05) is 18.2 Å². The normalized spacial score (nSPS) is 17.6. The van der Waals surface area contributed by atoms with Crippen molar-refractivity contribution < 1.29 is 4.39 Å². The maximum atomic E-state index is 13.2. The highest BCUT2D eigenvalue weighted by atomic mass is 19.1. The highest BCUT2D eigenvalue weighted by molar-refractivity contribution is 5.45. The minimum absolute atomic E-state index is 0.204. The summed E-state index contributed by atoms with van der Waals surface area (Å²) < 4.78 is 13.2. The SMILES string of the molecule is Fc1ccc(CN2CCCC[C@H]2c2ccnc(Nc3cnccn3)n2)cc1. The van der Waals surface area contributed by atoms with Gasteiger partial charge >= 0.3 is 0 Å². The van der Waals surface area contributed by atoms with Gasteiger partial charge in [-0.05, 0) is 43.1 Å². The molecule has 1 aliphatic rings. The van der Waals surface area contributed by atoms with Crippen molar-refractivity contribution in [3.8, 4) is 0 Å². The number of aromatic nitrogens is 4. The van der Waals surface area contributed by atoms with Crippen LogP contribution in [0, 0.1) is 5.82 Å². The van der Waals surface area contributed by atoms with Crippen LogP contribution >= 0.6 is 0 Å². The molecule has 1 N–H and O–H groups in total. The lowest BCUT2D eigenvalue weighted by atomic mass is 9.98. The second-order valence-electron chi connectivity index (χ2n) is 6.63. The fourth-order valence-corrected chi connectivity index (χ4v) is 3.44. The molecule has 0 spiro atoms. The third-order valence-corrected chi connectivity index (χ3v) is 4.73. The van der Waals surface area contributed by atoms with E-state index in [2.05, 4.69) is 25.2 Å². The number of rotatable bonds is 5. The fourth-order valence-electron chi connectivity index (χ4n) is 3.44. The molecule has 3 heterocycles. The van der Waals surface area contributed by atoms with Crippen LogP contribution in [-0.2, 0) is 6.54 Å². The summed E-state index contributed by atoms with van der Waals surface area (Å²) in [7, 11) is 0. The zero-order chi connectivity index (χ0) is 18.5. The summed E-state index contributed by atoms with van der Waals surface area (Å²) in [5, 5.41) is 3.10. The Morgan fingerprint density at radius 2 is 1.93 bits per heavy atom.